The van der Waals surface area contributed by atoms with Crippen LogP contribution < -0.4 is 9.04 Å². The molecule has 1 aromatic heterocycles. The van der Waals surface area contributed by atoms with Gasteiger partial charge >= 0.3 is 0 Å². The molecule has 0 aliphatic rings. The summed E-state index contributed by atoms with van der Waals surface area (Å²) >= 11 is 0. The van der Waals surface area contributed by atoms with Crippen LogP contribution in [0.4, 0.5) is 5.69 Å². The molecule has 0 saturated carbocycles. The van der Waals surface area contributed by atoms with Crippen molar-refractivity contribution in [1.82, 2.24) is 4.98 Å². The first-order valence-electron chi connectivity index (χ1n) is 7.60. The SMILES string of the molecule is CCCCS(=O)(=O)N(Cc1cccnc1)c1cccc(OC)c1. The summed E-state index contributed by atoms with van der Waals surface area (Å²) in [5, 5.41) is 0. The highest BCUT2D eigenvalue weighted by Gasteiger charge is 2.22. The summed E-state index contributed by atoms with van der Waals surface area (Å²) in [7, 11) is -1.85. The van der Waals surface area contributed by atoms with E-state index < -0.39 is 10.0 Å². The van der Waals surface area contributed by atoms with E-state index in [2.05, 4.69) is 4.98 Å². The van der Waals surface area contributed by atoms with E-state index >= 15 is 0 Å². The first-order chi connectivity index (χ1) is 11.1. The minimum absolute atomic E-state index is 0.126. The number of aromatic nitrogens is 1. The topological polar surface area (TPSA) is 59.5 Å². The lowest BCUT2D eigenvalue weighted by atomic mass is 10.2. The molecule has 0 saturated heterocycles. The van der Waals surface area contributed by atoms with Crippen LogP contribution in [0.3, 0.4) is 0 Å². The Labute approximate surface area is 138 Å². The van der Waals surface area contributed by atoms with Crippen LogP contribution in [-0.2, 0) is 16.6 Å². The monoisotopic (exact) mass is 334 g/mol. The molecule has 0 N–H and O–H groups in total. The minimum Gasteiger partial charge on any atom is -0.497 e. The molecule has 0 unspecified atom stereocenters. The van der Waals surface area contributed by atoms with E-state index in [1.54, 1.807) is 49.8 Å². The summed E-state index contributed by atoms with van der Waals surface area (Å²) < 4.78 is 32.2. The smallest absolute Gasteiger partial charge is 0.235 e. The van der Waals surface area contributed by atoms with Crippen LogP contribution in [0.2, 0.25) is 0 Å². The Morgan fingerprint density at radius 3 is 2.70 bits per heavy atom. The van der Waals surface area contributed by atoms with Crippen molar-refractivity contribution in [3.05, 3.63) is 54.4 Å². The van der Waals surface area contributed by atoms with Gasteiger partial charge in [0.1, 0.15) is 5.75 Å². The molecule has 0 bridgehead atoms. The van der Waals surface area contributed by atoms with Gasteiger partial charge in [0.05, 0.1) is 25.1 Å². The Hall–Kier alpha value is -2.08. The summed E-state index contributed by atoms with van der Waals surface area (Å²) in [5.74, 6) is 0.755. The van der Waals surface area contributed by atoms with Crippen LogP contribution in [0.1, 0.15) is 25.3 Å². The Morgan fingerprint density at radius 1 is 1.22 bits per heavy atom. The van der Waals surface area contributed by atoms with Gasteiger partial charge in [0.25, 0.3) is 0 Å². The zero-order chi connectivity index (χ0) is 16.7. The van der Waals surface area contributed by atoms with Gasteiger partial charge in [0, 0.05) is 18.5 Å². The summed E-state index contributed by atoms with van der Waals surface area (Å²) in [6.45, 7) is 2.24. The molecule has 0 aliphatic heterocycles. The Bertz CT molecular complexity index is 718. The van der Waals surface area contributed by atoms with E-state index in [1.807, 2.05) is 13.0 Å². The Morgan fingerprint density at radius 2 is 2.04 bits per heavy atom. The van der Waals surface area contributed by atoms with Crippen molar-refractivity contribution < 1.29 is 13.2 Å². The van der Waals surface area contributed by atoms with Crippen molar-refractivity contribution in [2.75, 3.05) is 17.2 Å². The largest absolute Gasteiger partial charge is 0.497 e. The van der Waals surface area contributed by atoms with Crippen LogP contribution in [0.25, 0.3) is 0 Å². The van der Waals surface area contributed by atoms with Gasteiger partial charge in [0.2, 0.25) is 10.0 Å². The third kappa shape index (κ3) is 4.69. The van der Waals surface area contributed by atoms with Gasteiger partial charge in [-0.1, -0.05) is 25.5 Å². The number of rotatable bonds is 8. The lowest BCUT2D eigenvalue weighted by Crippen LogP contribution is -2.32. The molecule has 0 fully saturated rings. The van der Waals surface area contributed by atoms with E-state index in [9.17, 15) is 8.42 Å². The maximum Gasteiger partial charge on any atom is 0.235 e. The number of anilines is 1. The fourth-order valence-electron chi connectivity index (χ4n) is 2.21. The average Bonchev–Trinajstić information content (AvgIpc) is 2.58. The Kier molecular flexibility index (Phi) is 5.98. The standard InChI is InChI=1S/C17H22N2O3S/c1-3-4-11-23(20,21)19(14-15-7-6-10-18-13-15)16-8-5-9-17(12-16)22-2/h5-10,12-13H,3-4,11,14H2,1-2H3. The summed E-state index contributed by atoms with van der Waals surface area (Å²) in [6.07, 6.45) is 4.82. The molecule has 0 atom stereocenters. The zero-order valence-corrected chi connectivity index (χ0v) is 14.3. The van der Waals surface area contributed by atoms with Gasteiger partial charge < -0.3 is 4.74 Å². The molecule has 2 rings (SSSR count). The molecule has 2 aromatic rings. The number of benzene rings is 1. The van der Waals surface area contributed by atoms with E-state index in [0.29, 0.717) is 17.9 Å². The molecular formula is C17H22N2O3S. The number of unbranched alkanes of at least 4 members (excludes halogenated alkanes) is 1. The number of hydrogen-bond acceptors (Lipinski definition) is 4. The number of sulfonamides is 1. The maximum atomic E-state index is 12.8. The molecule has 1 aromatic carbocycles. The van der Waals surface area contributed by atoms with Crippen molar-refractivity contribution >= 4 is 15.7 Å². The second-order valence-electron chi connectivity index (χ2n) is 5.24. The Balaban J connectivity index is 2.38. The van der Waals surface area contributed by atoms with Crippen molar-refractivity contribution in [2.45, 2.75) is 26.3 Å². The summed E-state index contributed by atoms with van der Waals surface area (Å²) in [4.78, 5) is 4.06. The molecule has 5 nitrogen and oxygen atoms in total. The average molecular weight is 334 g/mol. The summed E-state index contributed by atoms with van der Waals surface area (Å²) in [6, 6.07) is 10.8. The third-order valence-corrected chi connectivity index (χ3v) is 5.30. The van der Waals surface area contributed by atoms with Crippen LogP contribution in [0.5, 0.6) is 5.75 Å². The number of methoxy groups -OCH3 is 1. The quantitative estimate of drug-likeness (QED) is 0.744. The summed E-state index contributed by atoms with van der Waals surface area (Å²) in [5.41, 5.74) is 1.44. The normalized spacial score (nSPS) is 11.2. The number of pyridine rings is 1. The number of hydrogen-bond donors (Lipinski definition) is 0. The fraction of sp³-hybridized carbons (Fsp3) is 0.353. The molecule has 6 heteroatoms. The highest BCUT2D eigenvalue weighted by molar-refractivity contribution is 7.92. The van der Waals surface area contributed by atoms with Gasteiger partial charge in [-0.2, -0.15) is 0 Å². The third-order valence-electron chi connectivity index (χ3n) is 3.48. The first-order valence-corrected chi connectivity index (χ1v) is 9.21. The van der Waals surface area contributed by atoms with Gasteiger partial charge in [-0.3, -0.25) is 9.29 Å². The van der Waals surface area contributed by atoms with Crippen LogP contribution in [0.15, 0.2) is 48.8 Å². The van der Waals surface area contributed by atoms with Crippen molar-refractivity contribution in [1.29, 1.82) is 0 Å². The van der Waals surface area contributed by atoms with Gasteiger partial charge in [-0.15, -0.1) is 0 Å². The van der Waals surface area contributed by atoms with Crippen molar-refractivity contribution in [3.63, 3.8) is 0 Å². The van der Waals surface area contributed by atoms with Gasteiger partial charge in [-0.05, 0) is 30.2 Å². The van der Waals surface area contributed by atoms with Crippen LogP contribution in [0, 0.1) is 0 Å². The van der Waals surface area contributed by atoms with Crippen LogP contribution in [-0.4, -0.2) is 26.3 Å². The van der Waals surface area contributed by atoms with E-state index in [1.165, 1.54) is 4.31 Å². The number of ether oxygens (including phenoxy) is 1. The molecule has 0 amide bonds. The fourth-order valence-corrected chi connectivity index (χ4v) is 3.86. The molecule has 1 heterocycles. The lowest BCUT2D eigenvalue weighted by Gasteiger charge is -2.25. The predicted octanol–water partition coefficient (Wildman–Crippen LogP) is 3.23. The van der Waals surface area contributed by atoms with Gasteiger partial charge in [0.15, 0.2) is 0 Å². The molecule has 0 spiro atoms. The van der Waals surface area contributed by atoms with Crippen LogP contribution >= 0.6 is 0 Å². The van der Waals surface area contributed by atoms with Crippen molar-refractivity contribution in [3.8, 4) is 5.75 Å². The highest BCUT2D eigenvalue weighted by atomic mass is 32.2. The molecular weight excluding hydrogens is 312 g/mol. The second-order valence-corrected chi connectivity index (χ2v) is 7.25. The molecule has 124 valence electrons. The van der Waals surface area contributed by atoms with E-state index in [4.69, 9.17) is 4.74 Å². The lowest BCUT2D eigenvalue weighted by molar-refractivity contribution is 0.415. The highest BCUT2D eigenvalue weighted by Crippen LogP contribution is 2.26. The molecule has 23 heavy (non-hydrogen) atoms. The predicted molar refractivity (Wildman–Crippen MR) is 92.1 cm³/mol. The van der Waals surface area contributed by atoms with E-state index in [0.717, 1.165) is 12.0 Å². The zero-order valence-electron chi connectivity index (χ0n) is 13.5. The molecule has 0 aliphatic carbocycles. The minimum atomic E-state index is -3.41. The second kappa shape index (κ2) is 7.97. The number of nitrogens with zero attached hydrogens (tertiary/aromatic N) is 2. The van der Waals surface area contributed by atoms with Gasteiger partial charge in [-0.25, -0.2) is 8.42 Å². The van der Waals surface area contributed by atoms with Crippen molar-refractivity contribution in [2.24, 2.45) is 0 Å². The van der Waals surface area contributed by atoms with E-state index in [-0.39, 0.29) is 12.3 Å². The first kappa shape index (κ1) is 17.3. The molecule has 0 radical (unpaired) electrons. The maximum absolute atomic E-state index is 12.8.